The number of hydrogen-bond donors (Lipinski definition) is 1. The lowest BCUT2D eigenvalue weighted by atomic mass is 9.85. The van der Waals surface area contributed by atoms with Crippen LogP contribution in [0.3, 0.4) is 0 Å². The smallest absolute Gasteiger partial charge is 0.161 e. The second-order valence-electron chi connectivity index (χ2n) is 5.09. The van der Waals surface area contributed by atoms with Crippen LogP contribution in [0.1, 0.15) is 31.7 Å². The third kappa shape index (κ3) is 2.63. The van der Waals surface area contributed by atoms with Gasteiger partial charge in [0.1, 0.15) is 13.2 Å². The van der Waals surface area contributed by atoms with E-state index in [9.17, 15) is 0 Å². The van der Waals surface area contributed by atoms with E-state index in [0.717, 1.165) is 42.2 Å². The van der Waals surface area contributed by atoms with Gasteiger partial charge in [0.2, 0.25) is 0 Å². The first-order valence-electron chi connectivity index (χ1n) is 6.42. The maximum Gasteiger partial charge on any atom is 0.161 e. The summed E-state index contributed by atoms with van der Waals surface area (Å²) in [4.78, 5) is 4.63. The topological polar surface area (TPSA) is 56.8 Å². The minimum Gasteiger partial charge on any atom is -0.486 e. The van der Waals surface area contributed by atoms with Crippen LogP contribution in [0.2, 0.25) is 0 Å². The van der Waals surface area contributed by atoms with Crippen molar-refractivity contribution in [1.82, 2.24) is 0 Å². The van der Waals surface area contributed by atoms with E-state index < -0.39 is 0 Å². The van der Waals surface area contributed by atoms with Gasteiger partial charge in [-0.1, -0.05) is 6.07 Å². The van der Waals surface area contributed by atoms with Crippen molar-refractivity contribution in [2.24, 2.45) is 10.7 Å². The van der Waals surface area contributed by atoms with E-state index in [4.69, 9.17) is 15.2 Å². The largest absolute Gasteiger partial charge is 0.486 e. The Morgan fingerprint density at radius 2 is 1.95 bits per heavy atom. The predicted octanol–water partition coefficient (Wildman–Crippen LogP) is 2.64. The first kappa shape index (κ1) is 14.0. The zero-order valence-corrected chi connectivity index (χ0v) is 11.8. The van der Waals surface area contributed by atoms with Crippen LogP contribution in [0, 0.1) is 0 Å². The van der Waals surface area contributed by atoms with Gasteiger partial charge in [-0.25, -0.2) is 0 Å². The Balaban J connectivity index is 0.00000133. The normalized spacial score (nSPS) is 25.2. The standard InChI is InChI=1S/C14H18N2O2.ClH/c1-14(6-2-3-13(15)16-14)10-4-5-11-12(9-10)18-8-7-17-11;/h4-5,9H,2-3,6-8H2,1H3,(H2,15,16);1H. The van der Waals surface area contributed by atoms with E-state index in [0.29, 0.717) is 13.2 Å². The van der Waals surface area contributed by atoms with E-state index >= 15 is 0 Å². The van der Waals surface area contributed by atoms with E-state index in [2.05, 4.69) is 18.0 Å². The van der Waals surface area contributed by atoms with Crippen molar-refractivity contribution in [3.05, 3.63) is 23.8 Å². The molecule has 4 nitrogen and oxygen atoms in total. The molecular weight excluding hydrogens is 264 g/mol. The van der Waals surface area contributed by atoms with Crippen LogP contribution >= 0.6 is 12.4 Å². The third-order valence-electron chi connectivity index (χ3n) is 3.65. The minimum atomic E-state index is -0.224. The number of fused-ring (bicyclic) bond motifs is 1. The second kappa shape index (κ2) is 5.29. The average molecular weight is 283 g/mol. The SMILES string of the molecule is CC1(c2ccc3c(c2)OCCO3)CCCC(N)=N1.Cl. The van der Waals surface area contributed by atoms with Crippen molar-refractivity contribution in [1.29, 1.82) is 0 Å². The van der Waals surface area contributed by atoms with Crippen molar-refractivity contribution in [2.75, 3.05) is 13.2 Å². The molecule has 2 aliphatic rings. The number of ether oxygens (including phenoxy) is 2. The zero-order valence-electron chi connectivity index (χ0n) is 11.0. The van der Waals surface area contributed by atoms with Crippen molar-refractivity contribution in [2.45, 2.75) is 31.7 Å². The Labute approximate surface area is 119 Å². The molecule has 0 spiro atoms. The van der Waals surface area contributed by atoms with Gasteiger partial charge in [-0.15, -0.1) is 12.4 Å². The summed E-state index contributed by atoms with van der Waals surface area (Å²) in [6, 6.07) is 6.07. The third-order valence-corrected chi connectivity index (χ3v) is 3.65. The lowest BCUT2D eigenvalue weighted by Crippen LogP contribution is -2.29. The van der Waals surface area contributed by atoms with Crippen molar-refractivity contribution >= 4 is 18.2 Å². The van der Waals surface area contributed by atoms with Crippen molar-refractivity contribution in [3.63, 3.8) is 0 Å². The number of hydrogen-bond acceptors (Lipinski definition) is 4. The first-order valence-corrected chi connectivity index (χ1v) is 6.42. The average Bonchev–Trinajstić information content (AvgIpc) is 2.38. The van der Waals surface area contributed by atoms with Gasteiger partial charge in [-0.2, -0.15) is 0 Å². The Morgan fingerprint density at radius 1 is 1.21 bits per heavy atom. The van der Waals surface area contributed by atoms with Crippen LogP contribution in [0.5, 0.6) is 11.5 Å². The Kier molecular flexibility index (Phi) is 3.90. The molecular formula is C14H19ClN2O2. The Bertz CT molecular complexity index is 504. The molecule has 1 atom stereocenters. The summed E-state index contributed by atoms with van der Waals surface area (Å²) in [5, 5.41) is 0. The number of amidine groups is 1. The molecule has 2 N–H and O–H groups in total. The van der Waals surface area contributed by atoms with E-state index in [1.165, 1.54) is 0 Å². The molecule has 5 heteroatoms. The molecule has 0 saturated heterocycles. The van der Waals surface area contributed by atoms with Gasteiger partial charge in [0.25, 0.3) is 0 Å². The lowest BCUT2D eigenvalue weighted by molar-refractivity contribution is 0.171. The second-order valence-corrected chi connectivity index (χ2v) is 5.09. The van der Waals surface area contributed by atoms with Gasteiger partial charge in [-0.3, -0.25) is 4.99 Å². The molecule has 0 saturated carbocycles. The fourth-order valence-electron chi connectivity index (χ4n) is 2.63. The van der Waals surface area contributed by atoms with Crippen LogP contribution in [0.15, 0.2) is 23.2 Å². The minimum absolute atomic E-state index is 0. The molecule has 1 aromatic carbocycles. The van der Waals surface area contributed by atoms with Gasteiger partial charge in [0.15, 0.2) is 11.5 Å². The molecule has 0 fully saturated rings. The van der Waals surface area contributed by atoms with Crippen molar-refractivity contribution < 1.29 is 9.47 Å². The molecule has 1 unspecified atom stereocenters. The van der Waals surface area contributed by atoms with E-state index in [1.54, 1.807) is 0 Å². The zero-order chi connectivity index (χ0) is 12.6. The summed E-state index contributed by atoms with van der Waals surface area (Å²) in [5.74, 6) is 2.39. The van der Waals surface area contributed by atoms with Gasteiger partial charge >= 0.3 is 0 Å². The van der Waals surface area contributed by atoms with Gasteiger partial charge in [0.05, 0.1) is 11.4 Å². The molecule has 2 heterocycles. The Morgan fingerprint density at radius 3 is 2.68 bits per heavy atom. The molecule has 0 aromatic heterocycles. The first-order chi connectivity index (χ1) is 8.67. The summed E-state index contributed by atoms with van der Waals surface area (Å²) in [5.41, 5.74) is 6.80. The summed E-state index contributed by atoms with van der Waals surface area (Å²) >= 11 is 0. The van der Waals surface area contributed by atoms with E-state index in [1.807, 2.05) is 12.1 Å². The number of nitrogens with two attached hydrogens (primary N) is 1. The molecule has 1 aromatic rings. The Hall–Kier alpha value is -1.42. The maximum absolute atomic E-state index is 5.88. The van der Waals surface area contributed by atoms with Gasteiger partial charge < -0.3 is 15.2 Å². The number of aliphatic imine (C=N–C) groups is 1. The monoisotopic (exact) mass is 282 g/mol. The van der Waals surface area contributed by atoms with Crippen LogP contribution in [0.25, 0.3) is 0 Å². The highest BCUT2D eigenvalue weighted by Gasteiger charge is 2.30. The molecule has 0 amide bonds. The van der Waals surface area contributed by atoms with Gasteiger partial charge in [0, 0.05) is 6.42 Å². The molecule has 0 aliphatic carbocycles. The number of benzene rings is 1. The molecule has 2 aliphatic heterocycles. The van der Waals surface area contributed by atoms with Crippen LogP contribution in [-0.4, -0.2) is 19.0 Å². The van der Waals surface area contributed by atoms with Crippen LogP contribution in [-0.2, 0) is 5.54 Å². The number of rotatable bonds is 1. The molecule has 3 rings (SSSR count). The van der Waals surface area contributed by atoms with Gasteiger partial charge in [-0.05, 0) is 37.5 Å². The predicted molar refractivity (Wildman–Crippen MR) is 77.5 cm³/mol. The maximum atomic E-state index is 5.88. The molecule has 0 bridgehead atoms. The quantitative estimate of drug-likeness (QED) is 0.861. The highest BCUT2D eigenvalue weighted by molar-refractivity contribution is 5.85. The lowest BCUT2D eigenvalue weighted by Gasteiger charge is -2.31. The molecule has 0 radical (unpaired) electrons. The van der Waals surface area contributed by atoms with Crippen LogP contribution < -0.4 is 15.2 Å². The fourth-order valence-corrected chi connectivity index (χ4v) is 2.63. The summed E-state index contributed by atoms with van der Waals surface area (Å²) < 4.78 is 11.2. The highest BCUT2D eigenvalue weighted by Crippen LogP contribution is 2.39. The number of nitrogens with zero attached hydrogens (tertiary/aromatic N) is 1. The van der Waals surface area contributed by atoms with Crippen molar-refractivity contribution in [3.8, 4) is 11.5 Å². The fraction of sp³-hybridized carbons (Fsp3) is 0.500. The van der Waals surface area contributed by atoms with E-state index in [-0.39, 0.29) is 17.9 Å². The molecule has 19 heavy (non-hydrogen) atoms. The summed E-state index contributed by atoms with van der Waals surface area (Å²) in [6.45, 7) is 3.36. The summed E-state index contributed by atoms with van der Waals surface area (Å²) in [7, 11) is 0. The highest BCUT2D eigenvalue weighted by atomic mass is 35.5. The van der Waals surface area contributed by atoms with Crippen LogP contribution in [0.4, 0.5) is 0 Å². The number of halogens is 1. The molecule has 104 valence electrons. The summed E-state index contributed by atoms with van der Waals surface area (Å²) in [6.07, 6.45) is 3.01.